The van der Waals surface area contributed by atoms with Crippen molar-refractivity contribution >= 4 is 11.9 Å². The Morgan fingerprint density at radius 3 is 2.59 bits per heavy atom. The van der Waals surface area contributed by atoms with Crippen LogP contribution in [-0.2, 0) is 14.3 Å². The fourth-order valence-electron chi connectivity index (χ4n) is 1.83. The summed E-state index contributed by atoms with van der Waals surface area (Å²) in [5.74, 6) is 0.241. The number of carbonyl (C=O) groups is 2. The average Bonchev–Trinajstić information content (AvgIpc) is 2.34. The second-order valence-electron chi connectivity index (χ2n) is 4.26. The van der Waals surface area contributed by atoms with Gasteiger partial charge in [0.25, 0.3) is 0 Å². The summed E-state index contributed by atoms with van der Waals surface area (Å²) in [7, 11) is 1.37. The number of ether oxygens (including phenoxy) is 1. The van der Waals surface area contributed by atoms with Gasteiger partial charge >= 0.3 is 5.97 Å². The van der Waals surface area contributed by atoms with Crippen LogP contribution in [0.2, 0.25) is 0 Å². The number of methoxy groups -OCH3 is 1. The Balaban J connectivity index is 2.23. The predicted octanol–water partition coefficient (Wildman–Crippen LogP) is 0.521. The van der Waals surface area contributed by atoms with Crippen molar-refractivity contribution in [3.8, 4) is 0 Å². The number of nitrogens with zero attached hydrogens (tertiary/aromatic N) is 1. The molecule has 1 aliphatic heterocycles. The number of piperidine rings is 1. The first kappa shape index (κ1) is 13.5. The summed E-state index contributed by atoms with van der Waals surface area (Å²) in [6, 6.07) is 0. The molecule has 1 amide bonds. The van der Waals surface area contributed by atoms with Gasteiger partial charge in [-0.15, -0.1) is 0 Å². The predicted molar refractivity (Wildman–Crippen MR) is 64.1 cm³/mol. The number of nitrogens with one attached hydrogen (secondary N) is 1. The molecule has 96 valence electrons. The molecule has 1 saturated heterocycles. The van der Waals surface area contributed by atoms with E-state index in [9.17, 15) is 9.59 Å². The van der Waals surface area contributed by atoms with E-state index in [1.807, 2.05) is 0 Å². The van der Waals surface area contributed by atoms with Gasteiger partial charge in [-0.2, -0.15) is 0 Å². The van der Waals surface area contributed by atoms with Crippen molar-refractivity contribution < 1.29 is 14.3 Å². The highest BCUT2D eigenvalue weighted by Gasteiger charge is 2.17. The van der Waals surface area contributed by atoms with Gasteiger partial charge in [-0.25, -0.2) is 4.79 Å². The summed E-state index contributed by atoms with van der Waals surface area (Å²) >= 11 is 0. The van der Waals surface area contributed by atoms with Gasteiger partial charge in [-0.1, -0.05) is 0 Å². The highest BCUT2D eigenvalue weighted by atomic mass is 16.5. The molecule has 0 atom stereocenters. The van der Waals surface area contributed by atoms with Crippen molar-refractivity contribution in [3.63, 3.8) is 0 Å². The maximum absolute atomic E-state index is 10.9. The molecule has 0 aromatic rings. The minimum Gasteiger partial charge on any atom is -0.466 e. The molecular weight excluding hydrogens is 220 g/mol. The molecule has 0 radical (unpaired) electrons. The van der Waals surface area contributed by atoms with Crippen LogP contribution >= 0.6 is 0 Å². The highest BCUT2D eigenvalue weighted by molar-refractivity contribution is 5.81. The Morgan fingerprint density at radius 1 is 1.41 bits per heavy atom. The quantitative estimate of drug-likeness (QED) is 0.575. The monoisotopic (exact) mass is 240 g/mol. The van der Waals surface area contributed by atoms with Crippen molar-refractivity contribution in [2.75, 3.05) is 26.7 Å². The summed E-state index contributed by atoms with van der Waals surface area (Å²) in [6.45, 7) is 4.12. The lowest BCUT2D eigenvalue weighted by Gasteiger charge is -2.30. The van der Waals surface area contributed by atoms with Crippen molar-refractivity contribution in [1.82, 2.24) is 10.2 Å². The first-order valence-corrected chi connectivity index (χ1v) is 5.86. The molecule has 1 rings (SSSR count). The topological polar surface area (TPSA) is 58.6 Å². The van der Waals surface area contributed by atoms with Gasteiger partial charge in [0.2, 0.25) is 5.91 Å². The van der Waals surface area contributed by atoms with Gasteiger partial charge in [0, 0.05) is 38.8 Å². The second kappa shape index (κ2) is 6.93. The summed E-state index contributed by atoms with van der Waals surface area (Å²) < 4.78 is 4.53. The molecule has 0 aliphatic carbocycles. The Labute approximate surface area is 102 Å². The third kappa shape index (κ3) is 5.38. The molecule has 0 bridgehead atoms. The largest absolute Gasteiger partial charge is 0.466 e. The summed E-state index contributed by atoms with van der Waals surface area (Å²) in [5.41, 5.74) is 0. The zero-order valence-corrected chi connectivity index (χ0v) is 10.4. The second-order valence-corrected chi connectivity index (χ2v) is 4.26. The Hall–Kier alpha value is -1.52. The fourth-order valence-corrected chi connectivity index (χ4v) is 1.83. The number of likely N-dealkylation sites (tertiary alicyclic amines) is 1. The van der Waals surface area contributed by atoms with Crippen LogP contribution in [0.4, 0.5) is 0 Å². The first-order valence-electron chi connectivity index (χ1n) is 5.86. The van der Waals surface area contributed by atoms with E-state index < -0.39 is 0 Å². The van der Waals surface area contributed by atoms with Crippen molar-refractivity contribution in [2.24, 2.45) is 5.92 Å². The minimum atomic E-state index is -0.328. The van der Waals surface area contributed by atoms with E-state index in [4.69, 9.17) is 0 Å². The molecule has 1 N–H and O–H groups in total. The van der Waals surface area contributed by atoms with Crippen molar-refractivity contribution in [2.45, 2.75) is 19.8 Å². The summed E-state index contributed by atoms with van der Waals surface area (Å²) in [4.78, 5) is 23.8. The molecule has 0 spiro atoms. The maximum Gasteiger partial charge on any atom is 0.331 e. The van der Waals surface area contributed by atoms with Crippen LogP contribution in [0.25, 0.3) is 0 Å². The Bertz CT molecular complexity index is 294. The van der Waals surface area contributed by atoms with Crippen molar-refractivity contribution in [1.29, 1.82) is 0 Å². The summed E-state index contributed by atoms with van der Waals surface area (Å²) in [5, 5.41) is 2.84. The molecule has 5 heteroatoms. The zero-order chi connectivity index (χ0) is 12.7. The van der Waals surface area contributed by atoms with E-state index in [-0.39, 0.29) is 11.9 Å². The van der Waals surface area contributed by atoms with E-state index in [0.29, 0.717) is 5.92 Å². The lowest BCUT2D eigenvalue weighted by Crippen LogP contribution is -2.35. The molecule has 1 fully saturated rings. The number of hydrogen-bond donors (Lipinski definition) is 1. The van der Waals surface area contributed by atoms with Crippen LogP contribution in [0.5, 0.6) is 0 Å². The molecule has 5 nitrogen and oxygen atoms in total. The molecule has 0 aromatic carbocycles. The SMILES string of the molecule is COC(=O)/C=C/N1CCC(CNC(C)=O)CC1. The summed E-state index contributed by atoms with van der Waals surface area (Å²) in [6.07, 6.45) is 5.28. The average molecular weight is 240 g/mol. The van der Waals surface area contributed by atoms with Gasteiger partial charge in [-0.3, -0.25) is 4.79 Å². The number of rotatable bonds is 4. The van der Waals surface area contributed by atoms with Crippen molar-refractivity contribution in [3.05, 3.63) is 12.3 Å². The molecule has 0 aromatic heterocycles. The molecule has 1 heterocycles. The maximum atomic E-state index is 10.9. The minimum absolute atomic E-state index is 0.0259. The lowest BCUT2D eigenvalue weighted by molar-refractivity contribution is -0.134. The third-order valence-electron chi connectivity index (χ3n) is 2.91. The molecule has 0 saturated carbocycles. The number of hydrogen-bond acceptors (Lipinski definition) is 4. The molecule has 0 unspecified atom stereocenters. The normalized spacial score (nSPS) is 17.2. The third-order valence-corrected chi connectivity index (χ3v) is 2.91. The van der Waals surface area contributed by atoms with Crippen LogP contribution in [0.15, 0.2) is 12.3 Å². The smallest absolute Gasteiger partial charge is 0.331 e. The Morgan fingerprint density at radius 2 is 2.06 bits per heavy atom. The van der Waals surface area contributed by atoms with E-state index in [1.54, 1.807) is 6.20 Å². The van der Waals surface area contributed by atoms with Gasteiger partial charge in [-0.05, 0) is 18.8 Å². The molecule has 1 aliphatic rings. The van der Waals surface area contributed by atoms with E-state index in [2.05, 4.69) is 15.0 Å². The van der Waals surface area contributed by atoms with Gasteiger partial charge in [0.15, 0.2) is 0 Å². The zero-order valence-electron chi connectivity index (χ0n) is 10.4. The van der Waals surface area contributed by atoms with Gasteiger partial charge in [0.05, 0.1) is 7.11 Å². The van der Waals surface area contributed by atoms with E-state index in [0.717, 1.165) is 32.5 Å². The number of esters is 1. The first-order chi connectivity index (χ1) is 8.11. The van der Waals surface area contributed by atoms with Gasteiger partial charge in [0.1, 0.15) is 0 Å². The lowest BCUT2D eigenvalue weighted by atomic mass is 9.97. The standard InChI is InChI=1S/C12H20N2O3/c1-10(15)13-9-11-3-6-14(7-4-11)8-5-12(16)17-2/h5,8,11H,3-4,6-7,9H2,1-2H3,(H,13,15)/b8-5+. The number of carbonyl (C=O) groups excluding carboxylic acids is 2. The highest BCUT2D eigenvalue weighted by Crippen LogP contribution is 2.16. The van der Waals surface area contributed by atoms with Crippen LogP contribution in [0.3, 0.4) is 0 Å². The molecular formula is C12H20N2O3. The van der Waals surface area contributed by atoms with Crippen LogP contribution in [0, 0.1) is 5.92 Å². The van der Waals surface area contributed by atoms with E-state index >= 15 is 0 Å². The molecule has 17 heavy (non-hydrogen) atoms. The van der Waals surface area contributed by atoms with Crippen LogP contribution < -0.4 is 5.32 Å². The number of amides is 1. The Kier molecular flexibility index (Phi) is 5.52. The van der Waals surface area contributed by atoms with Gasteiger partial charge < -0.3 is 15.0 Å². The van der Waals surface area contributed by atoms with Crippen LogP contribution in [-0.4, -0.2) is 43.5 Å². The van der Waals surface area contributed by atoms with Crippen LogP contribution in [0.1, 0.15) is 19.8 Å². The fraction of sp³-hybridized carbons (Fsp3) is 0.667. The van der Waals surface area contributed by atoms with E-state index in [1.165, 1.54) is 20.1 Å².